The molecule has 0 fully saturated rings. The van der Waals surface area contributed by atoms with Crippen molar-refractivity contribution in [1.82, 2.24) is 4.72 Å². The lowest BCUT2D eigenvalue weighted by Crippen LogP contribution is -2.27. The highest BCUT2D eigenvalue weighted by Gasteiger charge is 2.14. The first-order valence-corrected chi connectivity index (χ1v) is 10.3. The van der Waals surface area contributed by atoms with E-state index in [1.54, 1.807) is 37.6 Å². The molecule has 0 saturated carbocycles. The Morgan fingerprint density at radius 1 is 1.10 bits per heavy atom. The molecule has 3 aromatic rings. The average Bonchev–Trinajstić information content (AvgIpc) is 3.10. The number of carbonyl (C=O) groups excluding carboxylic acids is 1. The van der Waals surface area contributed by atoms with Crippen LogP contribution in [0.3, 0.4) is 0 Å². The molecule has 0 aliphatic carbocycles. The van der Waals surface area contributed by atoms with Crippen molar-refractivity contribution in [3.63, 3.8) is 0 Å². The van der Waals surface area contributed by atoms with Crippen LogP contribution in [-0.4, -0.2) is 41.7 Å². The number of furan rings is 1. The lowest BCUT2D eigenvalue weighted by atomic mass is 10.1. The van der Waals surface area contributed by atoms with Crippen molar-refractivity contribution in [2.45, 2.75) is 11.3 Å². The highest BCUT2D eigenvalue weighted by Crippen LogP contribution is 2.26. The predicted molar refractivity (Wildman–Crippen MR) is 109 cm³/mol. The van der Waals surface area contributed by atoms with Crippen LogP contribution in [0, 0.1) is 0 Å². The molecule has 2 N–H and O–H groups in total. The molecule has 0 aliphatic heterocycles. The molecular formula is C20H22N2O6S. The van der Waals surface area contributed by atoms with Crippen molar-refractivity contribution >= 4 is 32.6 Å². The van der Waals surface area contributed by atoms with Gasteiger partial charge in [-0.1, -0.05) is 0 Å². The molecule has 29 heavy (non-hydrogen) atoms. The summed E-state index contributed by atoms with van der Waals surface area (Å²) in [4.78, 5) is 12.5. The summed E-state index contributed by atoms with van der Waals surface area (Å²) in [6, 6.07) is 11.4. The molecule has 0 unspecified atom stereocenters. The third-order valence-corrected chi connectivity index (χ3v) is 5.74. The highest BCUT2D eigenvalue weighted by atomic mass is 32.2. The molecule has 0 spiro atoms. The molecule has 1 amide bonds. The maximum atomic E-state index is 12.4. The van der Waals surface area contributed by atoms with Gasteiger partial charge in [0.2, 0.25) is 15.9 Å². The Hall–Kier alpha value is -2.88. The number of hydrogen-bond acceptors (Lipinski definition) is 6. The van der Waals surface area contributed by atoms with Crippen molar-refractivity contribution < 1.29 is 27.1 Å². The molecule has 0 aliphatic rings. The normalized spacial score (nSPS) is 11.5. The minimum Gasteiger partial charge on any atom is -0.497 e. The zero-order valence-electron chi connectivity index (χ0n) is 16.1. The SMILES string of the molecule is COCCNS(=O)(=O)c1ccc(NC(=O)Cc2coc3cc(OC)ccc23)cc1. The van der Waals surface area contributed by atoms with Gasteiger partial charge in [-0.15, -0.1) is 0 Å². The zero-order valence-corrected chi connectivity index (χ0v) is 16.9. The number of nitrogens with one attached hydrogen (secondary N) is 2. The number of fused-ring (bicyclic) bond motifs is 1. The van der Waals surface area contributed by atoms with Gasteiger partial charge in [-0.25, -0.2) is 13.1 Å². The van der Waals surface area contributed by atoms with Crippen molar-refractivity contribution in [3.05, 3.63) is 54.3 Å². The van der Waals surface area contributed by atoms with Crippen LogP contribution >= 0.6 is 0 Å². The van der Waals surface area contributed by atoms with E-state index in [1.165, 1.54) is 19.2 Å². The number of rotatable bonds is 9. The Morgan fingerprint density at radius 2 is 1.86 bits per heavy atom. The average molecular weight is 418 g/mol. The first-order chi connectivity index (χ1) is 13.9. The first kappa shape index (κ1) is 20.8. The smallest absolute Gasteiger partial charge is 0.240 e. The second kappa shape index (κ2) is 9.08. The topological polar surface area (TPSA) is 107 Å². The fourth-order valence-corrected chi connectivity index (χ4v) is 3.80. The number of hydrogen-bond donors (Lipinski definition) is 2. The van der Waals surface area contributed by atoms with Crippen LogP contribution in [0.25, 0.3) is 11.0 Å². The molecule has 1 heterocycles. The number of sulfonamides is 1. The molecule has 0 atom stereocenters. The van der Waals surface area contributed by atoms with E-state index in [-0.39, 0.29) is 30.4 Å². The Kier molecular flexibility index (Phi) is 6.53. The Balaban J connectivity index is 1.64. The third-order valence-electron chi connectivity index (χ3n) is 4.26. The molecule has 1 aromatic heterocycles. The number of amides is 1. The highest BCUT2D eigenvalue weighted by molar-refractivity contribution is 7.89. The molecule has 0 saturated heterocycles. The summed E-state index contributed by atoms with van der Waals surface area (Å²) in [5.41, 5.74) is 1.89. The molecule has 0 bridgehead atoms. The molecule has 9 heteroatoms. The van der Waals surface area contributed by atoms with Crippen LogP contribution in [0.1, 0.15) is 5.56 Å². The summed E-state index contributed by atoms with van der Waals surface area (Å²) in [7, 11) is -0.545. The Labute approximate surface area is 168 Å². The van der Waals surface area contributed by atoms with Gasteiger partial charge in [0.1, 0.15) is 11.3 Å². The monoisotopic (exact) mass is 418 g/mol. The van der Waals surface area contributed by atoms with E-state index in [2.05, 4.69) is 10.0 Å². The molecule has 0 radical (unpaired) electrons. The minimum atomic E-state index is -3.61. The van der Waals surface area contributed by atoms with Crippen LogP contribution in [0.5, 0.6) is 5.75 Å². The molecule has 3 rings (SSSR count). The van der Waals surface area contributed by atoms with Crippen LogP contribution in [0.15, 0.2) is 58.0 Å². The quantitative estimate of drug-likeness (QED) is 0.517. The van der Waals surface area contributed by atoms with Gasteiger partial charge in [-0.05, 0) is 36.4 Å². The van der Waals surface area contributed by atoms with E-state index in [4.69, 9.17) is 13.9 Å². The predicted octanol–water partition coefficient (Wildman–Crippen LogP) is 2.55. The maximum Gasteiger partial charge on any atom is 0.240 e. The van der Waals surface area contributed by atoms with E-state index >= 15 is 0 Å². The number of methoxy groups -OCH3 is 2. The van der Waals surface area contributed by atoms with E-state index in [9.17, 15) is 13.2 Å². The second-order valence-corrected chi connectivity index (χ2v) is 8.03. The minimum absolute atomic E-state index is 0.112. The number of benzene rings is 2. The molecular weight excluding hydrogens is 396 g/mol. The van der Waals surface area contributed by atoms with Gasteiger partial charge in [0.15, 0.2) is 0 Å². The van der Waals surface area contributed by atoms with Crippen LogP contribution in [0.2, 0.25) is 0 Å². The van der Waals surface area contributed by atoms with Crippen molar-refractivity contribution in [2.75, 3.05) is 32.7 Å². The standard InChI is InChI=1S/C20H22N2O6S/c1-26-10-9-21-29(24,25)17-6-3-15(4-7-17)22-20(23)11-14-13-28-19-12-16(27-2)5-8-18(14)19/h3-8,12-13,21H,9-11H2,1-2H3,(H,22,23). The fraction of sp³-hybridized carbons (Fsp3) is 0.250. The summed E-state index contributed by atoms with van der Waals surface area (Å²) in [5, 5.41) is 3.60. The van der Waals surface area contributed by atoms with E-state index in [0.29, 0.717) is 17.0 Å². The lowest BCUT2D eigenvalue weighted by molar-refractivity contribution is -0.115. The van der Waals surface area contributed by atoms with Gasteiger partial charge in [0.05, 0.1) is 31.3 Å². The number of carbonyl (C=O) groups is 1. The maximum absolute atomic E-state index is 12.4. The van der Waals surface area contributed by atoms with Crippen molar-refractivity contribution in [2.24, 2.45) is 0 Å². The number of ether oxygens (including phenoxy) is 2. The van der Waals surface area contributed by atoms with Crippen molar-refractivity contribution in [1.29, 1.82) is 0 Å². The Bertz CT molecular complexity index is 1090. The largest absolute Gasteiger partial charge is 0.497 e. The van der Waals surface area contributed by atoms with Crippen LogP contribution in [-0.2, 0) is 26.0 Å². The summed E-state index contributed by atoms with van der Waals surface area (Å²) in [6.07, 6.45) is 1.67. The van der Waals surface area contributed by atoms with Crippen molar-refractivity contribution in [3.8, 4) is 5.75 Å². The van der Waals surface area contributed by atoms with Gasteiger partial charge in [0, 0.05) is 36.4 Å². The van der Waals surface area contributed by atoms with E-state index < -0.39 is 10.0 Å². The molecule has 154 valence electrons. The fourth-order valence-electron chi connectivity index (χ4n) is 2.78. The molecule has 8 nitrogen and oxygen atoms in total. The van der Waals surface area contributed by atoms with E-state index in [0.717, 1.165) is 10.9 Å². The summed E-state index contributed by atoms with van der Waals surface area (Å²) < 4.78 is 42.2. The van der Waals surface area contributed by atoms with Gasteiger partial charge in [-0.3, -0.25) is 4.79 Å². The van der Waals surface area contributed by atoms with Gasteiger partial charge in [0.25, 0.3) is 0 Å². The van der Waals surface area contributed by atoms with Crippen LogP contribution in [0.4, 0.5) is 5.69 Å². The van der Waals surface area contributed by atoms with Gasteiger partial charge < -0.3 is 19.2 Å². The second-order valence-electron chi connectivity index (χ2n) is 6.26. The number of anilines is 1. The first-order valence-electron chi connectivity index (χ1n) is 8.85. The summed E-state index contributed by atoms with van der Waals surface area (Å²) >= 11 is 0. The summed E-state index contributed by atoms with van der Waals surface area (Å²) in [5.74, 6) is 0.437. The zero-order chi connectivity index (χ0) is 20.9. The molecule has 2 aromatic carbocycles. The van der Waals surface area contributed by atoms with Gasteiger partial charge >= 0.3 is 0 Å². The lowest BCUT2D eigenvalue weighted by Gasteiger charge is -2.08. The summed E-state index contributed by atoms with van der Waals surface area (Å²) in [6.45, 7) is 0.463. The third kappa shape index (κ3) is 5.14. The van der Waals surface area contributed by atoms with Crippen LogP contribution < -0.4 is 14.8 Å². The van der Waals surface area contributed by atoms with E-state index in [1.807, 2.05) is 6.07 Å². The Morgan fingerprint density at radius 3 is 2.55 bits per heavy atom. The van der Waals surface area contributed by atoms with Gasteiger partial charge in [-0.2, -0.15) is 0 Å².